The zero-order chi connectivity index (χ0) is 12.7. The number of rotatable bonds is 1. The summed E-state index contributed by atoms with van der Waals surface area (Å²) in [4.78, 5) is 13.6. The molecule has 2 aliphatic heterocycles. The van der Waals surface area contributed by atoms with E-state index in [1.165, 1.54) is 6.07 Å². The lowest BCUT2D eigenvalue weighted by molar-refractivity contribution is 0.0705. The summed E-state index contributed by atoms with van der Waals surface area (Å²) in [6, 6.07) is 3.37. The van der Waals surface area contributed by atoms with Gasteiger partial charge in [-0.2, -0.15) is 0 Å². The lowest BCUT2D eigenvalue weighted by atomic mass is 9.92. The van der Waals surface area contributed by atoms with E-state index in [4.69, 9.17) is 5.21 Å². The van der Waals surface area contributed by atoms with E-state index in [2.05, 4.69) is 4.90 Å². The van der Waals surface area contributed by atoms with Crippen molar-refractivity contribution in [2.45, 2.75) is 31.8 Å². The molecule has 4 nitrogen and oxygen atoms in total. The first-order chi connectivity index (χ1) is 8.69. The molecule has 2 N–H and O–H groups in total. The van der Waals surface area contributed by atoms with Crippen LogP contribution in [0.4, 0.5) is 4.39 Å². The average molecular weight is 250 g/mol. The Hall–Kier alpha value is -1.46. The van der Waals surface area contributed by atoms with Crippen LogP contribution in [0.25, 0.3) is 0 Å². The third-order valence-electron chi connectivity index (χ3n) is 3.97. The standard InChI is InChI=1S/C13H15FN2O2/c14-12-6-9(13(17)15-18)4-8-5-10-2-1-3-16(10)7-11(8)12/h4,6,10,18H,1-3,5,7H2,(H,15,17)/t10-/m1/s1. The zero-order valence-electron chi connectivity index (χ0n) is 9.95. The van der Waals surface area contributed by atoms with Gasteiger partial charge < -0.3 is 0 Å². The monoisotopic (exact) mass is 250 g/mol. The Morgan fingerprint density at radius 2 is 2.33 bits per heavy atom. The third-order valence-corrected chi connectivity index (χ3v) is 3.97. The van der Waals surface area contributed by atoms with Crippen LogP contribution in [0.1, 0.15) is 34.3 Å². The first-order valence-electron chi connectivity index (χ1n) is 6.19. The van der Waals surface area contributed by atoms with E-state index in [-0.39, 0.29) is 11.4 Å². The lowest BCUT2D eigenvalue weighted by Gasteiger charge is -2.31. The van der Waals surface area contributed by atoms with Crippen molar-refractivity contribution in [2.24, 2.45) is 0 Å². The molecular weight excluding hydrogens is 235 g/mol. The molecule has 96 valence electrons. The Balaban J connectivity index is 1.99. The molecular formula is C13H15FN2O2. The molecule has 2 aliphatic rings. The van der Waals surface area contributed by atoms with Crippen LogP contribution in [0, 0.1) is 5.82 Å². The second kappa shape index (κ2) is 4.33. The van der Waals surface area contributed by atoms with Crippen LogP contribution in [0.2, 0.25) is 0 Å². The number of amides is 1. The van der Waals surface area contributed by atoms with Crippen LogP contribution in [0.15, 0.2) is 12.1 Å². The molecule has 0 radical (unpaired) electrons. The molecule has 5 heteroatoms. The van der Waals surface area contributed by atoms with Crippen molar-refractivity contribution >= 4 is 5.91 Å². The number of hydrogen-bond acceptors (Lipinski definition) is 3. The Bertz CT molecular complexity index is 504. The van der Waals surface area contributed by atoms with E-state index < -0.39 is 5.91 Å². The molecule has 2 heterocycles. The smallest absolute Gasteiger partial charge is 0.274 e. The molecule has 1 fully saturated rings. The van der Waals surface area contributed by atoms with Crippen molar-refractivity contribution < 1.29 is 14.4 Å². The average Bonchev–Trinajstić information content (AvgIpc) is 2.82. The van der Waals surface area contributed by atoms with E-state index >= 15 is 0 Å². The van der Waals surface area contributed by atoms with Gasteiger partial charge in [0.05, 0.1) is 0 Å². The number of hydrogen-bond donors (Lipinski definition) is 2. The van der Waals surface area contributed by atoms with Crippen LogP contribution >= 0.6 is 0 Å². The zero-order valence-corrected chi connectivity index (χ0v) is 9.95. The summed E-state index contributed by atoms with van der Waals surface area (Å²) in [7, 11) is 0. The van der Waals surface area contributed by atoms with Gasteiger partial charge in [-0.3, -0.25) is 14.9 Å². The highest BCUT2D eigenvalue weighted by Crippen LogP contribution is 2.32. The quantitative estimate of drug-likeness (QED) is 0.586. The van der Waals surface area contributed by atoms with E-state index in [9.17, 15) is 9.18 Å². The number of nitrogens with zero attached hydrogens (tertiary/aromatic N) is 1. The van der Waals surface area contributed by atoms with Crippen molar-refractivity contribution in [3.8, 4) is 0 Å². The Morgan fingerprint density at radius 1 is 1.50 bits per heavy atom. The minimum atomic E-state index is -0.662. The predicted octanol–water partition coefficient (Wildman–Crippen LogP) is 1.47. The fraction of sp³-hybridized carbons (Fsp3) is 0.462. The molecule has 0 saturated carbocycles. The number of fused-ring (bicyclic) bond motifs is 2. The summed E-state index contributed by atoms with van der Waals surface area (Å²) in [6.07, 6.45) is 3.08. The van der Waals surface area contributed by atoms with Gasteiger partial charge in [-0.15, -0.1) is 0 Å². The molecule has 0 aromatic heterocycles. The highest BCUT2D eigenvalue weighted by atomic mass is 19.1. The van der Waals surface area contributed by atoms with Crippen LogP contribution in [0.5, 0.6) is 0 Å². The van der Waals surface area contributed by atoms with Crippen LogP contribution in [0.3, 0.4) is 0 Å². The molecule has 1 amide bonds. The Kier molecular flexibility index (Phi) is 2.80. The van der Waals surface area contributed by atoms with Gasteiger partial charge in [0.1, 0.15) is 5.82 Å². The van der Waals surface area contributed by atoms with Gasteiger partial charge in [-0.25, -0.2) is 9.87 Å². The second-order valence-electron chi connectivity index (χ2n) is 5.01. The summed E-state index contributed by atoms with van der Waals surface area (Å²) in [5.74, 6) is -1.01. The van der Waals surface area contributed by atoms with Crippen molar-refractivity contribution in [1.82, 2.24) is 10.4 Å². The van der Waals surface area contributed by atoms with E-state index in [0.29, 0.717) is 18.2 Å². The number of carbonyl (C=O) groups excluding carboxylic acids is 1. The molecule has 1 aromatic carbocycles. The first kappa shape index (κ1) is 11.6. The summed E-state index contributed by atoms with van der Waals surface area (Å²) < 4.78 is 14.0. The van der Waals surface area contributed by atoms with E-state index in [0.717, 1.165) is 31.4 Å². The van der Waals surface area contributed by atoms with E-state index in [1.54, 1.807) is 11.5 Å². The fourth-order valence-corrected chi connectivity index (χ4v) is 3.04. The largest absolute Gasteiger partial charge is 0.296 e. The molecule has 0 bridgehead atoms. The number of benzene rings is 1. The fourth-order valence-electron chi connectivity index (χ4n) is 3.04. The molecule has 0 spiro atoms. The number of carbonyl (C=O) groups is 1. The molecule has 0 unspecified atom stereocenters. The summed E-state index contributed by atoms with van der Waals surface area (Å²) in [6.45, 7) is 1.66. The molecule has 0 aliphatic carbocycles. The molecule has 3 rings (SSSR count). The Labute approximate surface area is 104 Å². The Morgan fingerprint density at radius 3 is 3.11 bits per heavy atom. The normalized spacial score (nSPS) is 22.4. The third kappa shape index (κ3) is 1.79. The van der Waals surface area contributed by atoms with Gasteiger partial charge in [0.15, 0.2) is 0 Å². The van der Waals surface area contributed by atoms with Crippen LogP contribution < -0.4 is 5.48 Å². The predicted molar refractivity (Wildman–Crippen MR) is 62.8 cm³/mol. The summed E-state index contributed by atoms with van der Waals surface area (Å²) in [5.41, 5.74) is 3.32. The molecule has 1 atom stereocenters. The second-order valence-corrected chi connectivity index (χ2v) is 5.01. The molecule has 1 aromatic rings. The maximum absolute atomic E-state index is 14.0. The number of hydroxylamine groups is 1. The molecule has 18 heavy (non-hydrogen) atoms. The van der Waals surface area contributed by atoms with Gasteiger partial charge in [0, 0.05) is 23.7 Å². The SMILES string of the molecule is O=C(NO)c1cc(F)c2c(c1)C[C@H]1CCCN1C2. The highest BCUT2D eigenvalue weighted by molar-refractivity contribution is 5.93. The highest BCUT2D eigenvalue weighted by Gasteiger charge is 2.31. The van der Waals surface area contributed by atoms with E-state index in [1.807, 2.05) is 0 Å². The van der Waals surface area contributed by atoms with Crippen molar-refractivity contribution in [2.75, 3.05) is 6.54 Å². The maximum atomic E-state index is 14.0. The number of nitrogens with one attached hydrogen (secondary N) is 1. The molecule has 1 saturated heterocycles. The van der Waals surface area contributed by atoms with Crippen LogP contribution in [-0.4, -0.2) is 28.6 Å². The number of halogens is 1. The minimum Gasteiger partial charge on any atom is -0.296 e. The minimum absolute atomic E-state index is 0.181. The van der Waals surface area contributed by atoms with Gasteiger partial charge in [-0.05, 0) is 43.5 Å². The van der Waals surface area contributed by atoms with Crippen LogP contribution in [-0.2, 0) is 13.0 Å². The van der Waals surface area contributed by atoms with Crippen molar-refractivity contribution in [3.05, 3.63) is 34.6 Å². The van der Waals surface area contributed by atoms with Gasteiger partial charge in [0.25, 0.3) is 5.91 Å². The topological polar surface area (TPSA) is 52.6 Å². The van der Waals surface area contributed by atoms with Gasteiger partial charge in [0.2, 0.25) is 0 Å². The van der Waals surface area contributed by atoms with Gasteiger partial charge >= 0.3 is 0 Å². The van der Waals surface area contributed by atoms with Gasteiger partial charge in [-0.1, -0.05) is 0 Å². The maximum Gasteiger partial charge on any atom is 0.274 e. The first-order valence-corrected chi connectivity index (χ1v) is 6.19. The van der Waals surface area contributed by atoms with Crippen molar-refractivity contribution in [1.29, 1.82) is 0 Å². The van der Waals surface area contributed by atoms with Crippen molar-refractivity contribution in [3.63, 3.8) is 0 Å². The summed E-state index contributed by atoms with van der Waals surface area (Å²) in [5, 5.41) is 8.60. The summed E-state index contributed by atoms with van der Waals surface area (Å²) >= 11 is 0. The lowest BCUT2D eigenvalue weighted by Crippen LogP contribution is -2.36.